The van der Waals surface area contributed by atoms with E-state index in [1.807, 2.05) is 97.1 Å². The molecule has 0 saturated heterocycles. The molecule has 4 aromatic carbocycles. The van der Waals surface area contributed by atoms with Gasteiger partial charge in [-0.2, -0.15) is 0 Å². The summed E-state index contributed by atoms with van der Waals surface area (Å²) < 4.78 is 33.9. The van der Waals surface area contributed by atoms with Crippen molar-refractivity contribution in [2.24, 2.45) is 35.5 Å². The topological polar surface area (TPSA) is 114 Å². The van der Waals surface area contributed by atoms with Gasteiger partial charge in [0.15, 0.2) is 0 Å². The fourth-order valence-corrected chi connectivity index (χ4v) is 9.25. The smallest absolute Gasteiger partial charge is 0.329 e. The fraction of sp³-hybridized carbons (Fsp3) is 0.519. The molecule has 0 spiro atoms. The number of nitrogens with one attached hydrogen (secondary N) is 2. The molecule has 2 fully saturated rings. The van der Waals surface area contributed by atoms with Crippen LogP contribution >= 0.6 is 0 Å². The van der Waals surface area contributed by atoms with E-state index in [-0.39, 0.29) is 24.1 Å². The third-order valence-electron chi connectivity index (χ3n) is 13.1. The van der Waals surface area contributed by atoms with Crippen LogP contribution in [0.25, 0.3) is 0 Å². The maximum atomic E-state index is 13.5. The Morgan fingerprint density at radius 3 is 1.20 bits per heavy atom. The molecule has 348 valence electrons. The summed E-state index contributed by atoms with van der Waals surface area (Å²) in [6, 6.07) is 29.9. The Labute approximate surface area is 383 Å². The van der Waals surface area contributed by atoms with Crippen LogP contribution in [0.3, 0.4) is 0 Å². The highest BCUT2D eigenvalue weighted by atomic mass is 16.6. The zero-order valence-electron chi connectivity index (χ0n) is 39.9. The molecule has 0 unspecified atom stereocenters. The molecule has 6 rings (SSSR count). The second-order valence-corrected chi connectivity index (χ2v) is 18.5. The summed E-state index contributed by atoms with van der Waals surface area (Å²) in [5.74, 6) is 5.50. The molecule has 10 heteroatoms. The average molecular weight is 879 g/mol. The molecule has 0 bridgehead atoms. The summed E-state index contributed by atoms with van der Waals surface area (Å²) in [5.41, 5.74) is 3.63. The zero-order chi connectivity index (χ0) is 46.2. The molecule has 10 nitrogen and oxygen atoms in total. The first-order valence-corrected chi connectivity index (χ1v) is 23.3. The SMILES string of the molecule is COc1ccc(C[C@H](Nc2ccccc2OC)C(=O)O[C@@H]2C[C@H](C)CC[C@H]2C(C)C)cc1.COc1ccc(C[C@H](Nc2ccccc2OC)C(=O)O[C@@H]2C[C@H](C)CC[C@H]2C(C)C)cc1. The number of hydrogen-bond acceptors (Lipinski definition) is 10. The summed E-state index contributed by atoms with van der Waals surface area (Å²) in [5, 5.41) is 6.78. The van der Waals surface area contributed by atoms with Crippen molar-refractivity contribution in [2.75, 3.05) is 39.1 Å². The van der Waals surface area contributed by atoms with Crippen molar-refractivity contribution in [3.8, 4) is 23.0 Å². The van der Waals surface area contributed by atoms with Gasteiger partial charge in [0.1, 0.15) is 47.3 Å². The maximum Gasteiger partial charge on any atom is 0.329 e. The Bertz CT molecular complexity index is 1870. The number of carbonyl (C=O) groups excluding carboxylic acids is 2. The van der Waals surface area contributed by atoms with Crippen LogP contribution in [-0.2, 0) is 31.9 Å². The highest BCUT2D eigenvalue weighted by Gasteiger charge is 2.37. The van der Waals surface area contributed by atoms with Crippen LogP contribution in [0.5, 0.6) is 23.0 Å². The van der Waals surface area contributed by atoms with Gasteiger partial charge in [-0.05, 0) is 121 Å². The minimum atomic E-state index is -0.523. The summed E-state index contributed by atoms with van der Waals surface area (Å²) >= 11 is 0. The number of esters is 2. The number of carbonyl (C=O) groups is 2. The fourth-order valence-electron chi connectivity index (χ4n) is 9.25. The van der Waals surface area contributed by atoms with E-state index in [2.05, 4.69) is 52.2 Å². The van der Waals surface area contributed by atoms with Crippen molar-refractivity contribution in [3.05, 3.63) is 108 Å². The Balaban J connectivity index is 0.000000241. The largest absolute Gasteiger partial charge is 0.497 e. The summed E-state index contributed by atoms with van der Waals surface area (Å²) in [6.45, 7) is 13.4. The Hall–Kier alpha value is -5.38. The van der Waals surface area contributed by atoms with Crippen molar-refractivity contribution in [1.82, 2.24) is 0 Å². The molecule has 0 aromatic heterocycles. The third-order valence-corrected chi connectivity index (χ3v) is 13.1. The second kappa shape index (κ2) is 24.6. The van der Waals surface area contributed by atoms with Gasteiger partial charge in [0, 0.05) is 12.8 Å². The number of benzene rings is 4. The molecule has 0 aliphatic heterocycles. The molecule has 0 radical (unpaired) electrons. The summed E-state index contributed by atoms with van der Waals surface area (Å²) in [6.07, 6.45) is 7.42. The average Bonchev–Trinajstić information content (AvgIpc) is 3.29. The van der Waals surface area contributed by atoms with Crippen LogP contribution in [0, 0.1) is 35.5 Å². The van der Waals surface area contributed by atoms with Crippen molar-refractivity contribution in [2.45, 2.75) is 117 Å². The quantitative estimate of drug-likeness (QED) is 0.0937. The lowest BCUT2D eigenvalue weighted by molar-refractivity contribution is -0.157. The Morgan fingerprint density at radius 2 is 0.875 bits per heavy atom. The molecule has 0 heterocycles. The van der Waals surface area contributed by atoms with E-state index in [0.717, 1.165) is 59.7 Å². The second-order valence-electron chi connectivity index (χ2n) is 18.5. The van der Waals surface area contributed by atoms with Gasteiger partial charge in [0.05, 0.1) is 39.8 Å². The molecule has 2 aliphatic carbocycles. The van der Waals surface area contributed by atoms with Crippen LogP contribution < -0.4 is 29.6 Å². The number of anilines is 2. The first-order valence-electron chi connectivity index (χ1n) is 23.3. The molecule has 2 N–H and O–H groups in total. The van der Waals surface area contributed by atoms with Gasteiger partial charge in [-0.15, -0.1) is 0 Å². The molecular formula is C54H74N2O8. The van der Waals surface area contributed by atoms with Crippen LogP contribution in [0.2, 0.25) is 0 Å². The van der Waals surface area contributed by atoms with E-state index in [1.165, 1.54) is 12.8 Å². The summed E-state index contributed by atoms with van der Waals surface area (Å²) in [7, 11) is 6.56. The standard InChI is InChI=1S/2C27H37NO4/c2*1-18(2)22-15-10-19(3)16-26(22)32-27(29)24(17-20-11-13-21(30-4)14-12-20)28-23-8-6-7-9-25(23)31-5/h2*6-9,11-14,18-19,22,24,26,28H,10,15-17H2,1-5H3/t2*19-,22+,24+,26-/m11/s1. The first kappa shape index (κ1) is 49.6. The highest BCUT2D eigenvalue weighted by Crippen LogP contribution is 2.37. The van der Waals surface area contributed by atoms with Gasteiger partial charge < -0.3 is 39.1 Å². The van der Waals surface area contributed by atoms with Gasteiger partial charge in [0.25, 0.3) is 0 Å². The molecular weight excluding hydrogens is 805 g/mol. The summed E-state index contributed by atoms with van der Waals surface area (Å²) in [4.78, 5) is 26.9. The normalized spacial score (nSPS) is 21.6. The van der Waals surface area contributed by atoms with Crippen LogP contribution in [0.15, 0.2) is 97.1 Å². The van der Waals surface area contributed by atoms with E-state index >= 15 is 0 Å². The monoisotopic (exact) mass is 879 g/mol. The van der Waals surface area contributed by atoms with E-state index in [4.69, 9.17) is 28.4 Å². The van der Waals surface area contributed by atoms with Crippen molar-refractivity contribution in [1.29, 1.82) is 0 Å². The molecule has 8 atom stereocenters. The van der Waals surface area contributed by atoms with Gasteiger partial charge in [-0.1, -0.05) is 103 Å². The molecule has 2 aliphatic rings. The van der Waals surface area contributed by atoms with E-state index in [0.29, 0.717) is 59.8 Å². The van der Waals surface area contributed by atoms with Crippen LogP contribution in [0.1, 0.15) is 91.2 Å². The predicted molar refractivity (Wildman–Crippen MR) is 257 cm³/mol. The number of methoxy groups -OCH3 is 4. The lowest BCUT2D eigenvalue weighted by atomic mass is 9.75. The zero-order valence-corrected chi connectivity index (χ0v) is 39.9. The van der Waals surface area contributed by atoms with Crippen LogP contribution in [-0.4, -0.2) is 64.7 Å². The first-order chi connectivity index (χ1) is 30.8. The molecule has 64 heavy (non-hydrogen) atoms. The lowest BCUT2D eigenvalue weighted by Crippen LogP contribution is -2.41. The lowest BCUT2D eigenvalue weighted by Gasteiger charge is -2.37. The van der Waals surface area contributed by atoms with Gasteiger partial charge in [-0.3, -0.25) is 0 Å². The minimum absolute atomic E-state index is 0.0379. The third kappa shape index (κ3) is 14.3. The highest BCUT2D eigenvalue weighted by molar-refractivity contribution is 5.81. The minimum Gasteiger partial charge on any atom is -0.497 e. The molecule has 0 amide bonds. The Kier molecular flexibility index (Phi) is 19.1. The van der Waals surface area contributed by atoms with E-state index in [9.17, 15) is 9.59 Å². The predicted octanol–water partition coefficient (Wildman–Crippen LogP) is 11.5. The maximum absolute atomic E-state index is 13.5. The molecule has 2 saturated carbocycles. The van der Waals surface area contributed by atoms with E-state index in [1.54, 1.807) is 28.4 Å². The number of para-hydroxylation sites is 4. The van der Waals surface area contributed by atoms with Crippen LogP contribution in [0.4, 0.5) is 11.4 Å². The number of rotatable bonds is 18. The van der Waals surface area contributed by atoms with Gasteiger partial charge >= 0.3 is 11.9 Å². The Morgan fingerprint density at radius 1 is 0.516 bits per heavy atom. The van der Waals surface area contributed by atoms with Gasteiger partial charge in [0.2, 0.25) is 0 Å². The van der Waals surface area contributed by atoms with Crippen molar-refractivity contribution in [3.63, 3.8) is 0 Å². The van der Waals surface area contributed by atoms with Gasteiger partial charge in [-0.25, -0.2) is 9.59 Å². The molecule has 4 aromatic rings. The van der Waals surface area contributed by atoms with E-state index < -0.39 is 12.1 Å². The van der Waals surface area contributed by atoms with Crippen molar-refractivity contribution < 1.29 is 38.0 Å². The van der Waals surface area contributed by atoms with Crippen molar-refractivity contribution >= 4 is 23.3 Å². The number of hydrogen-bond donors (Lipinski definition) is 2. The number of ether oxygens (including phenoxy) is 6.